The van der Waals surface area contributed by atoms with Gasteiger partial charge in [0.15, 0.2) is 0 Å². The predicted octanol–water partition coefficient (Wildman–Crippen LogP) is 4.27. The lowest BCUT2D eigenvalue weighted by atomic mass is 10.1. The molecule has 0 saturated carbocycles. The highest BCUT2D eigenvalue weighted by molar-refractivity contribution is 7.09. The Morgan fingerprint density at radius 2 is 2.00 bits per heavy atom. The molecule has 126 valence electrons. The van der Waals surface area contributed by atoms with E-state index in [1.807, 2.05) is 54.3 Å². The second-order valence-corrected chi connectivity index (χ2v) is 7.19. The number of amides is 1. The molecule has 1 aromatic heterocycles. The van der Waals surface area contributed by atoms with E-state index < -0.39 is 0 Å². The number of benzene rings is 2. The number of fused-ring (bicyclic) bond motifs is 1. The van der Waals surface area contributed by atoms with E-state index in [9.17, 15) is 4.79 Å². The molecule has 1 amide bonds. The molecule has 0 bridgehead atoms. The predicted molar refractivity (Wildman–Crippen MR) is 102 cm³/mol. The summed E-state index contributed by atoms with van der Waals surface area (Å²) in [5.74, 6) is 0.0617. The number of carbonyl (C=O) groups excluding carboxylic acids is 1. The average molecular weight is 349 g/mol. The number of hydrogen-bond acceptors (Lipinski definition) is 4. The van der Waals surface area contributed by atoms with E-state index in [1.54, 1.807) is 11.3 Å². The highest BCUT2D eigenvalue weighted by Crippen LogP contribution is 2.29. The van der Waals surface area contributed by atoms with Crippen LogP contribution in [0.3, 0.4) is 0 Å². The van der Waals surface area contributed by atoms with Crippen LogP contribution < -0.4 is 10.2 Å². The van der Waals surface area contributed by atoms with Crippen LogP contribution in [0.25, 0.3) is 0 Å². The van der Waals surface area contributed by atoms with Crippen molar-refractivity contribution in [3.05, 3.63) is 75.7 Å². The Labute approximate surface area is 151 Å². The number of carbonyl (C=O) groups is 1. The van der Waals surface area contributed by atoms with Gasteiger partial charge in [-0.05, 0) is 49.2 Å². The van der Waals surface area contributed by atoms with Crippen LogP contribution in [0.1, 0.15) is 26.6 Å². The largest absolute Gasteiger partial charge is 0.379 e. The van der Waals surface area contributed by atoms with Gasteiger partial charge < -0.3 is 10.2 Å². The summed E-state index contributed by atoms with van der Waals surface area (Å²) in [4.78, 5) is 19.1. The van der Waals surface area contributed by atoms with Crippen molar-refractivity contribution in [1.82, 2.24) is 4.98 Å². The number of anilines is 2. The quantitative estimate of drug-likeness (QED) is 0.765. The maximum absolute atomic E-state index is 12.8. The third-order valence-corrected chi connectivity index (χ3v) is 5.23. The molecule has 2 aromatic carbocycles. The molecule has 3 aromatic rings. The molecule has 0 radical (unpaired) electrons. The third kappa shape index (κ3) is 3.28. The van der Waals surface area contributed by atoms with Crippen LogP contribution in [0.4, 0.5) is 11.4 Å². The Morgan fingerprint density at radius 3 is 2.76 bits per heavy atom. The smallest absolute Gasteiger partial charge is 0.258 e. The maximum atomic E-state index is 12.8. The molecule has 1 aliphatic heterocycles. The molecule has 2 heterocycles. The standard InChI is InChI=1S/C20H19N3OS/c1-14-22-18(13-25-14)12-21-17-8-6-16(7-9-17)20(24)23-11-10-15-4-2-3-5-19(15)23/h2-9,13,21H,10-12H2,1H3. The zero-order valence-electron chi connectivity index (χ0n) is 14.0. The van der Waals surface area contributed by atoms with E-state index in [-0.39, 0.29) is 5.91 Å². The van der Waals surface area contributed by atoms with Gasteiger partial charge in [-0.3, -0.25) is 4.79 Å². The van der Waals surface area contributed by atoms with Crippen LogP contribution in [0.5, 0.6) is 0 Å². The summed E-state index contributed by atoms with van der Waals surface area (Å²) in [5.41, 5.74) is 5.02. The first kappa shape index (κ1) is 15.8. The van der Waals surface area contributed by atoms with Gasteiger partial charge in [-0.1, -0.05) is 18.2 Å². The second-order valence-electron chi connectivity index (χ2n) is 6.12. The first-order chi connectivity index (χ1) is 12.2. The van der Waals surface area contributed by atoms with E-state index in [2.05, 4.69) is 21.7 Å². The van der Waals surface area contributed by atoms with Crippen LogP contribution in [-0.2, 0) is 13.0 Å². The van der Waals surface area contributed by atoms with Gasteiger partial charge in [0.05, 0.1) is 17.2 Å². The second kappa shape index (κ2) is 6.69. The lowest BCUT2D eigenvalue weighted by molar-refractivity contribution is 0.0989. The molecule has 4 rings (SSSR count). The minimum Gasteiger partial charge on any atom is -0.379 e. The fourth-order valence-corrected chi connectivity index (χ4v) is 3.73. The van der Waals surface area contributed by atoms with Gasteiger partial charge in [0.25, 0.3) is 5.91 Å². The van der Waals surface area contributed by atoms with E-state index in [0.717, 1.165) is 35.0 Å². The lowest BCUT2D eigenvalue weighted by Crippen LogP contribution is -2.28. The summed E-state index contributed by atoms with van der Waals surface area (Å²) in [7, 11) is 0. The molecule has 5 heteroatoms. The molecule has 1 aliphatic rings. The zero-order chi connectivity index (χ0) is 17.2. The Morgan fingerprint density at radius 1 is 1.20 bits per heavy atom. The Balaban J connectivity index is 1.44. The van der Waals surface area contributed by atoms with Crippen molar-refractivity contribution >= 4 is 28.6 Å². The Kier molecular flexibility index (Phi) is 4.24. The fourth-order valence-electron chi connectivity index (χ4n) is 3.12. The van der Waals surface area contributed by atoms with Crippen molar-refractivity contribution in [3.63, 3.8) is 0 Å². The van der Waals surface area contributed by atoms with Gasteiger partial charge in [0.1, 0.15) is 0 Å². The van der Waals surface area contributed by atoms with E-state index in [1.165, 1.54) is 5.56 Å². The molecule has 25 heavy (non-hydrogen) atoms. The molecular formula is C20H19N3OS. The molecule has 0 aliphatic carbocycles. The molecule has 4 nitrogen and oxygen atoms in total. The fraction of sp³-hybridized carbons (Fsp3) is 0.200. The van der Waals surface area contributed by atoms with E-state index >= 15 is 0 Å². The SMILES string of the molecule is Cc1nc(CNc2ccc(C(=O)N3CCc4ccccc43)cc2)cs1. The van der Waals surface area contributed by atoms with E-state index in [4.69, 9.17) is 0 Å². The number of rotatable bonds is 4. The summed E-state index contributed by atoms with van der Waals surface area (Å²) < 4.78 is 0. The first-order valence-electron chi connectivity index (χ1n) is 8.35. The normalized spacial score (nSPS) is 12.9. The van der Waals surface area contributed by atoms with Gasteiger partial charge in [-0.15, -0.1) is 11.3 Å². The van der Waals surface area contributed by atoms with Crippen molar-refractivity contribution in [2.45, 2.75) is 19.9 Å². The highest BCUT2D eigenvalue weighted by atomic mass is 32.1. The van der Waals surface area contributed by atoms with Crippen LogP contribution in [0.2, 0.25) is 0 Å². The molecule has 0 saturated heterocycles. The van der Waals surface area contributed by atoms with Crippen LogP contribution in [-0.4, -0.2) is 17.4 Å². The summed E-state index contributed by atoms with van der Waals surface area (Å²) in [6.45, 7) is 3.45. The van der Waals surface area contributed by atoms with Gasteiger partial charge in [-0.25, -0.2) is 4.98 Å². The van der Waals surface area contributed by atoms with Crippen molar-refractivity contribution in [2.75, 3.05) is 16.8 Å². The third-order valence-electron chi connectivity index (χ3n) is 4.40. The van der Waals surface area contributed by atoms with Gasteiger partial charge in [0, 0.05) is 28.9 Å². The minimum atomic E-state index is 0.0617. The molecule has 1 N–H and O–H groups in total. The number of nitrogens with one attached hydrogen (secondary N) is 1. The number of thiazole rings is 1. The van der Waals surface area contributed by atoms with Crippen LogP contribution in [0.15, 0.2) is 53.9 Å². The number of para-hydroxylation sites is 1. The molecular weight excluding hydrogens is 330 g/mol. The zero-order valence-corrected chi connectivity index (χ0v) is 14.8. The van der Waals surface area contributed by atoms with Crippen molar-refractivity contribution in [3.8, 4) is 0 Å². The number of aryl methyl sites for hydroxylation is 1. The van der Waals surface area contributed by atoms with Gasteiger partial charge in [-0.2, -0.15) is 0 Å². The molecule has 0 atom stereocenters. The summed E-state index contributed by atoms with van der Waals surface area (Å²) in [6.07, 6.45) is 0.925. The number of aromatic nitrogens is 1. The van der Waals surface area contributed by atoms with Gasteiger partial charge in [0.2, 0.25) is 0 Å². The topological polar surface area (TPSA) is 45.2 Å². The lowest BCUT2D eigenvalue weighted by Gasteiger charge is -2.17. The van der Waals surface area contributed by atoms with Crippen molar-refractivity contribution in [1.29, 1.82) is 0 Å². The average Bonchev–Trinajstić information content (AvgIpc) is 3.26. The van der Waals surface area contributed by atoms with Gasteiger partial charge >= 0.3 is 0 Å². The number of hydrogen-bond donors (Lipinski definition) is 1. The maximum Gasteiger partial charge on any atom is 0.258 e. The minimum absolute atomic E-state index is 0.0617. The molecule has 0 spiro atoms. The summed E-state index contributed by atoms with van der Waals surface area (Å²) >= 11 is 1.65. The first-order valence-corrected chi connectivity index (χ1v) is 9.23. The van der Waals surface area contributed by atoms with Crippen LogP contribution in [0, 0.1) is 6.92 Å². The highest BCUT2D eigenvalue weighted by Gasteiger charge is 2.24. The van der Waals surface area contributed by atoms with E-state index in [0.29, 0.717) is 12.1 Å². The molecule has 0 unspecified atom stereocenters. The summed E-state index contributed by atoms with van der Waals surface area (Å²) in [6, 6.07) is 15.8. The van der Waals surface area contributed by atoms with Crippen molar-refractivity contribution in [2.24, 2.45) is 0 Å². The Bertz CT molecular complexity index is 901. The summed E-state index contributed by atoms with van der Waals surface area (Å²) in [5, 5.41) is 6.48. The van der Waals surface area contributed by atoms with Crippen molar-refractivity contribution < 1.29 is 4.79 Å². The number of nitrogens with zero attached hydrogens (tertiary/aromatic N) is 2. The Hall–Kier alpha value is -2.66. The monoisotopic (exact) mass is 349 g/mol. The van der Waals surface area contributed by atoms with Crippen LogP contribution >= 0.6 is 11.3 Å². The molecule has 0 fully saturated rings.